The first-order chi connectivity index (χ1) is 12.6. The van der Waals surface area contributed by atoms with E-state index in [1.54, 1.807) is 23.6 Å². The first-order valence-corrected chi connectivity index (χ1v) is 11.0. The number of hydrogen-bond donors (Lipinski definition) is 1. The van der Waals surface area contributed by atoms with Crippen LogP contribution in [0.15, 0.2) is 45.1 Å². The maximum Gasteiger partial charge on any atom is 0.270 e. The summed E-state index contributed by atoms with van der Waals surface area (Å²) in [5, 5.41) is 5.80. The summed E-state index contributed by atoms with van der Waals surface area (Å²) in [6, 6.07) is 8.69. The van der Waals surface area contributed by atoms with Crippen LogP contribution in [0.1, 0.15) is 43.5 Å². The van der Waals surface area contributed by atoms with Crippen molar-refractivity contribution >= 4 is 27.0 Å². The summed E-state index contributed by atoms with van der Waals surface area (Å²) in [6.07, 6.45) is 4.12. The van der Waals surface area contributed by atoms with Crippen LogP contribution in [0.4, 0.5) is 5.69 Å². The van der Waals surface area contributed by atoms with Gasteiger partial charge in [0.2, 0.25) is 0 Å². The quantitative estimate of drug-likeness (QED) is 0.646. The third-order valence-corrected chi connectivity index (χ3v) is 6.54. The van der Waals surface area contributed by atoms with Crippen molar-refractivity contribution in [2.75, 3.05) is 4.72 Å². The maximum absolute atomic E-state index is 12.7. The predicted molar refractivity (Wildman–Crippen MR) is 101 cm³/mol. The van der Waals surface area contributed by atoms with E-state index >= 15 is 0 Å². The molecule has 0 spiro atoms. The second-order valence-electron chi connectivity index (χ2n) is 6.39. The molecule has 3 aromatic rings. The van der Waals surface area contributed by atoms with E-state index in [0.717, 1.165) is 31.2 Å². The second-order valence-corrected chi connectivity index (χ2v) is 8.99. The van der Waals surface area contributed by atoms with Crippen LogP contribution in [0.3, 0.4) is 0 Å². The number of aryl methyl sites for hydroxylation is 1. The molecule has 0 bridgehead atoms. The van der Waals surface area contributed by atoms with Crippen LogP contribution in [0.5, 0.6) is 0 Å². The monoisotopic (exact) mass is 389 g/mol. The van der Waals surface area contributed by atoms with Gasteiger partial charge in [0.1, 0.15) is 4.88 Å². The van der Waals surface area contributed by atoms with Gasteiger partial charge in [-0.3, -0.25) is 4.72 Å². The highest BCUT2D eigenvalue weighted by Crippen LogP contribution is 2.40. The molecule has 0 radical (unpaired) electrons. The van der Waals surface area contributed by atoms with Crippen molar-refractivity contribution < 1.29 is 12.9 Å². The molecule has 8 heteroatoms. The van der Waals surface area contributed by atoms with E-state index in [1.165, 1.54) is 11.3 Å². The largest absolute Gasteiger partial charge is 0.333 e. The molecule has 1 fully saturated rings. The average molecular weight is 390 g/mol. The van der Waals surface area contributed by atoms with E-state index < -0.39 is 10.0 Å². The minimum Gasteiger partial charge on any atom is -0.333 e. The van der Waals surface area contributed by atoms with Gasteiger partial charge in [-0.25, -0.2) is 8.42 Å². The molecule has 26 heavy (non-hydrogen) atoms. The lowest BCUT2D eigenvalue weighted by atomic mass is 10.1. The SMILES string of the molecule is CCCc1ccc(S(=O)(=O)Nc2ccsc2-c2nc(C3CC3)no2)cc1. The first kappa shape index (κ1) is 17.2. The molecule has 1 aliphatic carbocycles. The summed E-state index contributed by atoms with van der Waals surface area (Å²) in [5.74, 6) is 1.45. The van der Waals surface area contributed by atoms with Gasteiger partial charge in [0.15, 0.2) is 5.82 Å². The van der Waals surface area contributed by atoms with Gasteiger partial charge in [-0.2, -0.15) is 4.98 Å². The van der Waals surface area contributed by atoms with E-state index in [0.29, 0.717) is 28.2 Å². The zero-order valence-electron chi connectivity index (χ0n) is 14.3. The summed E-state index contributed by atoms with van der Waals surface area (Å²) >= 11 is 1.37. The summed E-state index contributed by atoms with van der Waals surface area (Å²) in [4.78, 5) is 5.28. The number of thiophene rings is 1. The fraction of sp³-hybridized carbons (Fsp3) is 0.333. The van der Waals surface area contributed by atoms with Gasteiger partial charge in [0.05, 0.1) is 10.6 Å². The smallest absolute Gasteiger partial charge is 0.270 e. The molecule has 4 rings (SSSR count). The van der Waals surface area contributed by atoms with Crippen molar-refractivity contribution in [1.82, 2.24) is 10.1 Å². The fourth-order valence-corrected chi connectivity index (χ4v) is 4.62. The van der Waals surface area contributed by atoms with E-state index in [9.17, 15) is 8.42 Å². The lowest BCUT2D eigenvalue weighted by Crippen LogP contribution is -2.13. The lowest BCUT2D eigenvalue weighted by molar-refractivity contribution is 0.423. The van der Waals surface area contributed by atoms with Crippen LogP contribution in [0.25, 0.3) is 10.8 Å². The first-order valence-electron chi connectivity index (χ1n) is 8.60. The molecule has 1 saturated carbocycles. The van der Waals surface area contributed by atoms with Crippen molar-refractivity contribution in [3.63, 3.8) is 0 Å². The van der Waals surface area contributed by atoms with E-state index in [2.05, 4.69) is 21.8 Å². The fourth-order valence-electron chi connectivity index (χ4n) is 2.72. The van der Waals surface area contributed by atoms with Crippen LogP contribution in [-0.2, 0) is 16.4 Å². The van der Waals surface area contributed by atoms with Gasteiger partial charge < -0.3 is 4.52 Å². The number of nitrogens with zero attached hydrogens (tertiary/aromatic N) is 2. The Bertz CT molecular complexity index is 1000. The molecule has 0 saturated heterocycles. The summed E-state index contributed by atoms with van der Waals surface area (Å²) in [6.45, 7) is 2.09. The maximum atomic E-state index is 12.7. The molecular weight excluding hydrogens is 370 g/mol. The minimum absolute atomic E-state index is 0.235. The average Bonchev–Trinajstić information content (AvgIpc) is 3.18. The van der Waals surface area contributed by atoms with Crippen LogP contribution in [0, 0.1) is 0 Å². The van der Waals surface area contributed by atoms with Gasteiger partial charge in [-0.05, 0) is 48.4 Å². The summed E-state index contributed by atoms with van der Waals surface area (Å²) in [5.41, 5.74) is 1.58. The molecule has 0 aliphatic heterocycles. The van der Waals surface area contributed by atoms with Gasteiger partial charge in [0.25, 0.3) is 15.9 Å². The minimum atomic E-state index is -3.68. The molecular formula is C18H19N3O3S2. The highest BCUT2D eigenvalue weighted by Gasteiger charge is 2.30. The third-order valence-electron chi connectivity index (χ3n) is 4.26. The molecule has 0 amide bonds. The Hall–Kier alpha value is -2.19. The molecule has 2 heterocycles. The summed E-state index contributed by atoms with van der Waals surface area (Å²) in [7, 11) is -3.68. The van der Waals surface area contributed by atoms with Crippen LogP contribution >= 0.6 is 11.3 Å². The zero-order valence-corrected chi connectivity index (χ0v) is 15.9. The van der Waals surface area contributed by atoms with Gasteiger partial charge in [-0.15, -0.1) is 11.3 Å². The van der Waals surface area contributed by atoms with Gasteiger partial charge >= 0.3 is 0 Å². The Morgan fingerprint density at radius 3 is 2.69 bits per heavy atom. The highest BCUT2D eigenvalue weighted by atomic mass is 32.2. The molecule has 1 aliphatic rings. The standard InChI is InChI=1S/C18H19N3O3S2/c1-2-3-12-4-8-14(9-5-12)26(22,23)21-15-10-11-25-16(15)18-19-17(20-24-18)13-6-7-13/h4-5,8-11,13,21H,2-3,6-7H2,1H3. The van der Waals surface area contributed by atoms with Crippen LogP contribution < -0.4 is 4.72 Å². The summed E-state index contributed by atoms with van der Waals surface area (Å²) < 4.78 is 33.4. The Morgan fingerprint density at radius 2 is 2.00 bits per heavy atom. The molecule has 136 valence electrons. The van der Waals surface area contributed by atoms with Gasteiger partial charge in [0, 0.05) is 5.92 Å². The molecule has 1 N–H and O–H groups in total. The third kappa shape index (κ3) is 3.52. The molecule has 2 aromatic heterocycles. The zero-order chi connectivity index (χ0) is 18.1. The Labute approximate surface area is 156 Å². The Kier molecular flexibility index (Phi) is 4.54. The molecule has 0 atom stereocenters. The van der Waals surface area contributed by atoms with Crippen molar-refractivity contribution in [2.24, 2.45) is 0 Å². The number of hydrogen-bond acceptors (Lipinski definition) is 6. The lowest BCUT2D eigenvalue weighted by Gasteiger charge is -2.08. The van der Waals surface area contributed by atoms with Gasteiger partial charge in [-0.1, -0.05) is 30.6 Å². The topological polar surface area (TPSA) is 85.1 Å². The van der Waals surface area contributed by atoms with Crippen LogP contribution in [0.2, 0.25) is 0 Å². The van der Waals surface area contributed by atoms with Crippen molar-refractivity contribution in [3.05, 3.63) is 47.1 Å². The van der Waals surface area contributed by atoms with E-state index in [-0.39, 0.29) is 4.90 Å². The number of sulfonamides is 1. The molecule has 1 aromatic carbocycles. The van der Waals surface area contributed by atoms with Crippen LogP contribution in [-0.4, -0.2) is 18.6 Å². The second kappa shape index (κ2) is 6.85. The number of benzene rings is 1. The molecule has 6 nitrogen and oxygen atoms in total. The van der Waals surface area contributed by atoms with Crippen molar-refractivity contribution in [1.29, 1.82) is 0 Å². The number of rotatable bonds is 7. The number of aromatic nitrogens is 2. The Balaban J connectivity index is 1.57. The number of nitrogens with one attached hydrogen (secondary N) is 1. The Morgan fingerprint density at radius 1 is 1.23 bits per heavy atom. The van der Waals surface area contributed by atoms with E-state index in [4.69, 9.17) is 4.52 Å². The predicted octanol–water partition coefficient (Wildman–Crippen LogP) is 4.43. The van der Waals surface area contributed by atoms with E-state index in [1.807, 2.05) is 12.1 Å². The van der Waals surface area contributed by atoms with Crippen molar-refractivity contribution in [3.8, 4) is 10.8 Å². The van der Waals surface area contributed by atoms with Crippen molar-refractivity contribution in [2.45, 2.75) is 43.4 Å². The normalized spacial score (nSPS) is 14.5. The number of anilines is 1. The molecule has 0 unspecified atom stereocenters. The highest BCUT2D eigenvalue weighted by molar-refractivity contribution is 7.92.